The van der Waals surface area contributed by atoms with Gasteiger partial charge in [0.25, 0.3) is 0 Å². The molecule has 0 spiro atoms. The van der Waals surface area contributed by atoms with Gasteiger partial charge < -0.3 is 14.7 Å². The number of aliphatic hydroxyl groups excluding tert-OH is 1. The highest BCUT2D eigenvalue weighted by atomic mass is 16.6. The van der Waals surface area contributed by atoms with Gasteiger partial charge in [0, 0.05) is 38.9 Å². The molecule has 2 heterocycles. The summed E-state index contributed by atoms with van der Waals surface area (Å²) >= 11 is 0. The Bertz CT molecular complexity index is 419. The maximum atomic E-state index is 11.6. The van der Waals surface area contributed by atoms with Gasteiger partial charge in [-0.15, -0.1) is 0 Å². The van der Waals surface area contributed by atoms with Crippen molar-refractivity contribution in [3.63, 3.8) is 0 Å². The van der Waals surface area contributed by atoms with E-state index in [4.69, 9.17) is 4.74 Å². The molecule has 110 valence electrons. The van der Waals surface area contributed by atoms with Gasteiger partial charge in [0.15, 0.2) is 0 Å². The average molecular weight is 279 g/mol. The fraction of sp³-hybridized carbons (Fsp3) is 0.571. The molecule has 0 aromatic carbocycles. The van der Waals surface area contributed by atoms with E-state index in [1.165, 1.54) is 0 Å². The SMILES string of the molecule is CCOC(=O)N1CCN(CC(O)c2ccccn2)CC1. The molecular weight excluding hydrogens is 258 g/mol. The van der Waals surface area contributed by atoms with Crippen LogP contribution in [0.3, 0.4) is 0 Å². The minimum absolute atomic E-state index is 0.252. The Labute approximate surface area is 119 Å². The fourth-order valence-corrected chi connectivity index (χ4v) is 2.24. The molecule has 20 heavy (non-hydrogen) atoms. The van der Waals surface area contributed by atoms with Gasteiger partial charge in [0.1, 0.15) is 6.10 Å². The molecule has 1 fully saturated rings. The molecule has 1 aliphatic heterocycles. The molecular formula is C14H21N3O3. The number of β-amino-alcohol motifs (C(OH)–C–C–N with tert-alkyl or cyclic N) is 1. The van der Waals surface area contributed by atoms with Crippen LogP contribution in [-0.4, -0.2) is 65.3 Å². The summed E-state index contributed by atoms with van der Waals surface area (Å²) in [5, 5.41) is 10.1. The summed E-state index contributed by atoms with van der Waals surface area (Å²) in [6.45, 7) is 5.48. The summed E-state index contributed by atoms with van der Waals surface area (Å²) < 4.78 is 4.98. The number of carbonyl (C=O) groups is 1. The van der Waals surface area contributed by atoms with Crippen molar-refractivity contribution in [2.24, 2.45) is 0 Å². The number of nitrogens with zero attached hydrogens (tertiary/aromatic N) is 3. The van der Waals surface area contributed by atoms with E-state index in [9.17, 15) is 9.90 Å². The van der Waals surface area contributed by atoms with Gasteiger partial charge in [-0.2, -0.15) is 0 Å². The molecule has 1 amide bonds. The molecule has 0 saturated carbocycles. The molecule has 6 heteroatoms. The minimum Gasteiger partial charge on any atom is -0.450 e. The van der Waals surface area contributed by atoms with E-state index in [0.717, 1.165) is 13.1 Å². The van der Waals surface area contributed by atoms with Gasteiger partial charge in [0.2, 0.25) is 0 Å². The standard InChI is InChI=1S/C14H21N3O3/c1-2-20-14(19)17-9-7-16(8-10-17)11-13(18)12-5-3-4-6-15-12/h3-6,13,18H,2,7-11H2,1H3. The second-order valence-corrected chi connectivity index (χ2v) is 4.76. The second kappa shape index (κ2) is 7.21. The van der Waals surface area contributed by atoms with Gasteiger partial charge in [-0.3, -0.25) is 9.88 Å². The predicted octanol–water partition coefficient (Wildman–Crippen LogP) is 0.889. The summed E-state index contributed by atoms with van der Waals surface area (Å²) in [4.78, 5) is 19.6. The number of amides is 1. The monoisotopic (exact) mass is 279 g/mol. The van der Waals surface area contributed by atoms with E-state index in [0.29, 0.717) is 31.9 Å². The van der Waals surface area contributed by atoms with Crippen molar-refractivity contribution in [1.82, 2.24) is 14.8 Å². The first-order chi connectivity index (χ1) is 9.70. The largest absolute Gasteiger partial charge is 0.450 e. The second-order valence-electron chi connectivity index (χ2n) is 4.76. The molecule has 1 atom stereocenters. The Kier molecular flexibility index (Phi) is 5.31. The molecule has 1 aliphatic rings. The molecule has 6 nitrogen and oxygen atoms in total. The highest BCUT2D eigenvalue weighted by Crippen LogP contribution is 2.13. The normalized spacial score (nSPS) is 17.8. The summed E-state index contributed by atoms with van der Waals surface area (Å²) in [5.74, 6) is 0. The van der Waals surface area contributed by atoms with Crippen molar-refractivity contribution in [2.45, 2.75) is 13.0 Å². The molecule has 0 aliphatic carbocycles. The third kappa shape index (κ3) is 3.91. The first-order valence-corrected chi connectivity index (χ1v) is 6.93. The van der Waals surface area contributed by atoms with Crippen LogP contribution in [0.1, 0.15) is 18.7 Å². The van der Waals surface area contributed by atoms with Crippen molar-refractivity contribution in [3.8, 4) is 0 Å². The first kappa shape index (κ1) is 14.7. The average Bonchev–Trinajstić information content (AvgIpc) is 2.49. The maximum absolute atomic E-state index is 11.6. The van der Waals surface area contributed by atoms with Crippen LogP contribution in [0.4, 0.5) is 4.79 Å². The van der Waals surface area contributed by atoms with Crippen LogP contribution in [-0.2, 0) is 4.74 Å². The molecule has 1 unspecified atom stereocenters. The molecule has 0 radical (unpaired) electrons. The van der Waals surface area contributed by atoms with Crippen molar-refractivity contribution in [1.29, 1.82) is 0 Å². The van der Waals surface area contributed by atoms with Crippen LogP contribution in [0, 0.1) is 0 Å². The third-order valence-corrected chi connectivity index (χ3v) is 3.36. The van der Waals surface area contributed by atoms with Crippen LogP contribution in [0.2, 0.25) is 0 Å². The highest BCUT2D eigenvalue weighted by Gasteiger charge is 2.23. The van der Waals surface area contributed by atoms with E-state index in [2.05, 4.69) is 9.88 Å². The van der Waals surface area contributed by atoms with E-state index in [-0.39, 0.29) is 6.09 Å². The first-order valence-electron chi connectivity index (χ1n) is 6.93. The maximum Gasteiger partial charge on any atom is 0.409 e. The fourth-order valence-electron chi connectivity index (χ4n) is 2.24. The molecule has 1 saturated heterocycles. The quantitative estimate of drug-likeness (QED) is 0.886. The summed E-state index contributed by atoms with van der Waals surface area (Å²) in [6, 6.07) is 5.51. The lowest BCUT2D eigenvalue weighted by atomic mass is 10.2. The van der Waals surface area contributed by atoms with Gasteiger partial charge >= 0.3 is 6.09 Å². The van der Waals surface area contributed by atoms with Crippen LogP contribution >= 0.6 is 0 Å². The van der Waals surface area contributed by atoms with Crippen LogP contribution in [0.25, 0.3) is 0 Å². The van der Waals surface area contributed by atoms with Crippen molar-refractivity contribution in [3.05, 3.63) is 30.1 Å². The van der Waals surface area contributed by atoms with Gasteiger partial charge in [-0.1, -0.05) is 6.07 Å². The smallest absolute Gasteiger partial charge is 0.409 e. The Morgan fingerprint density at radius 1 is 1.40 bits per heavy atom. The Balaban J connectivity index is 1.78. The zero-order chi connectivity index (χ0) is 14.4. The Hall–Kier alpha value is -1.66. The van der Waals surface area contributed by atoms with E-state index in [1.807, 2.05) is 18.2 Å². The topological polar surface area (TPSA) is 65.9 Å². The molecule has 1 N–H and O–H groups in total. The third-order valence-electron chi connectivity index (χ3n) is 3.36. The van der Waals surface area contributed by atoms with Crippen LogP contribution in [0.5, 0.6) is 0 Å². The van der Waals surface area contributed by atoms with Gasteiger partial charge in [-0.05, 0) is 19.1 Å². The Morgan fingerprint density at radius 2 is 2.15 bits per heavy atom. The number of ether oxygens (including phenoxy) is 1. The summed E-state index contributed by atoms with van der Waals surface area (Å²) in [7, 11) is 0. The molecule has 1 aromatic heterocycles. The van der Waals surface area contributed by atoms with E-state index < -0.39 is 6.10 Å². The summed E-state index contributed by atoms with van der Waals surface area (Å²) in [5.41, 5.74) is 0.681. The van der Waals surface area contributed by atoms with Gasteiger partial charge in [0.05, 0.1) is 12.3 Å². The highest BCUT2D eigenvalue weighted by molar-refractivity contribution is 5.67. The van der Waals surface area contributed by atoms with Crippen molar-refractivity contribution >= 4 is 6.09 Å². The molecule has 0 bridgehead atoms. The minimum atomic E-state index is -0.592. The zero-order valence-electron chi connectivity index (χ0n) is 11.7. The van der Waals surface area contributed by atoms with Crippen molar-refractivity contribution in [2.75, 3.05) is 39.3 Å². The number of hydrogen-bond donors (Lipinski definition) is 1. The number of piperazine rings is 1. The lowest BCUT2D eigenvalue weighted by Crippen LogP contribution is -2.49. The van der Waals surface area contributed by atoms with Crippen molar-refractivity contribution < 1.29 is 14.6 Å². The lowest BCUT2D eigenvalue weighted by Gasteiger charge is -2.34. The number of carbonyl (C=O) groups excluding carboxylic acids is 1. The van der Waals surface area contributed by atoms with Crippen LogP contribution < -0.4 is 0 Å². The lowest BCUT2D eigenvalue weighted by molar-refractivity contribution is 0.0567. The number of aliphatic hydroxyl groups is 1. The number of hydrogen-bond acceptors (Lipinski definition) is 5. The molecule has 2 rings (SSSR count). The van der Waals surface area contributed by atoms with E-state index in [1.54, 1.807) is 18.0 Å². The molecule has 1 aromatic rings. The predicted molar refractivity (Wildman–Crippen MR) is 74.2 cm³/mol. The number of pyridine rings is 1. The zero-order valence-corrected chi connectivity index (χ0v) is 11.7. The number of aromatic nitrogens is 1. The van der Waals surface area contributed by atoms with Crippen LogP contribution in [0.15, 0.2) is 24.4 Å². The Morgan fingerprint density at radius 3 is 2.75 bits per heavy atom. The summed E-state index contributed by atoms with van der Waals surface area (Å²) in [6.07, 6.45) is 0.833. The van der Waals surface area contributed by atoms with E-state index >= 15 is 0 Å². The number of rotatable bonds is 4. The van der Waals surface area contributed by atoms with Gasteiger partial charge in [-0.25, -0.2) is 4.79 Å².